The van der Waals surface area contributed by atoms with E-state index in [1.807, 2.05) is 0 Å². The summed E-state index contributed by atoms with van der Waals surface area (Å²) in [6.07, 6.45) is -2.90. The zero-order valence-corrected chi connectivity index (χ0v) is 12.0. The van der Waals surface area contributed by atoms with Crippen LogP contribution in [0.2, 0.25) is 0 Å². The molecule has 118 valence electrons. The molecule has 0 amide bonds. The first-order chi connectivity index (χ1) is 9.76. The van der Waals surface area contributed by atoms with E-state index < -0.39 is 32.6 Å². The van der Waals surface area contributed by atoms with Gasteiger partial charge in [-0.2, -0.15) is 0 Å². The fraction of sp³-hybridized carbons (Fsp3) is 0.455. The number of hydrogen-bond acceptors (Lipinski definition) is 5. The highest BCUT2D eigenvalue weighted by molar-refractivity contribution is 7.89. The molecule has 0 spiro atoms. The third kappa shape index (κ3) is 5.23. The largest absolute Gasteiger partial charge is 0.384 e. The summed E-state index contributed by atoms with van der Waals surface area (Å²) in [7, 11) is -3.46. The number of hydrogen-bond donors (Lipinski definition) is 2. The molecule has 0 aliphatic rings. The van der Waals surface area contributed by atoms with Crippen LogP contribution in [0.4, 0.5) is 20.2 Å². The molecular weight excluding hydrogens is 308 g/mol. The summed E-state index contributed by atoms with van der Waals surface area (Å²) < 4.78 is 50.8. The number of nitro benzene ring substituents is 1. The highest BCUT2D eigenvalue weighted by Crippen LogP contribution is 2.30. The van der Waals surface area contributed by atoms with Crippen LogP contribution in [0.15, 0.2) is 18.2 Å². The first-order valence-electron chi connectivity index (χ1n) is 6.04. The van der Waals surface area contributed by atoms with Crippen molar-refractivity contribution >= 4 is 21.4 Å². The van der Waals surface area contributed by atoms with E-state index in [4.69, 9.17) is 0 Å². The Morgan fingerprint density at radius 2 is 2.05 bits per heavy atom. The second kappa shape index (κ2) is 7.27. The van der Waals surface area contributed by atoms with E-state index in [9.17, 15) is 27.3 Å². The molecule has 0 aromatic heterocycles. The zero-order chi connectivity index (χ0) is 16.0. The predicted octanol–water partition coefficient (Wildman–Crippen LogP) is 1.88. The van der Waals surface area contributed by atoms with Crippen molar-refractivity contribution in [1.82, 2.24) is 4.72 Å². The number of rotatable bonds is 8. The van der Waals surface area contributed by atoms with Gasteiger partial charge >= 0.3 is 0 Å². The quantitative estimate of drug-likeness (QED) is 0.562. The van der Waals surface area contributed by atoms with E-state index in [1.54, 1.807) is 6.92 Å². The maximum Gasteiger partial charge on any atom is 0.270 e. The highest BCUT2D eigenvalue weighted by Gasteiger charge is 2.18. The van der Waals surface area contributed by atoms with Crippen molar-refractivity contribution in [3.05, 3.63) is 33.9 Å². The molecule has 0 aliphatic heterocycles. The van der Waals surface area contributed by atoms with E-state index in [0.29, 0.717) is 0 Å². The molecule has 7 nitrogen and oxygen atoms in total. The van der Waals surface area contributed by atoms with Crippen molar-refractivity contribution in [2.75, 3.05) is 24.2 Å². The smallest absolute Gasteiger partial charge is 0.270 e. The Kier molecular flexibility index (Phi) is 5.97. The SMILES string of the molecule is CCNS(=O)(=O)CCNc1ccc([N+](=O)[O-])cc1C(F)F. The van der Waals surface area contributed by atoms with E-state index in [-0.39, 0.29) is 24.5 Å². The van der Waals surface area contributed by atoms with E-state index in [1.165, 1.54) is 0 Å². The average molecular weight is 323 g/mol. The van der Waals surface area contributed by atoms with Crippen molar-refractivity contribution < 1.29 is 22.1 Å². The molecule has 0 fully saturated rings. The second-order valence-electron chi connectivity index (χ2n) is 4.07. The number of nitrogens with zero attached hydrogens (tertiary/aromatic N) is 1. The van der Waals surface area contributed by atoms with Crippen molar-refractivity contribution in [3.8, 4) is 0 Å². The fourth-order valence-electron chi connectivity index (χ4n) is 1.62. The molecule has 0 atom stereocenters. The molecule has 0 saturated carbocycles. The summed E-state index contributed by atoms with van der Waals surface area (Å²) in [5, 5.41) is 13.1. The van der Waals surface area contributed by atoms with Crippen LogP contribution in [0, 0.1) is 10.1 Å². The van der Waals surface area contributed by atoms with E-state index >= 15 is 0 Å². The average Bonchev–Trinajstić information content (AvgIpc) is 2.38. The van der Waals surface area contributed by atoms with Crippen molar-refractivity contribution in [2.45, 2.75) is 13.3 Å². The minimum absolute atomic E-state index is 0.0256. The normalized spacial score (nSPS) is 11.6. The van der Waals surface area contributed by atoms with Gasteiger partial charge in [0.25, 0.3) is 12.1 Å². The molecule has 1 rings (SSSR count). The Morgan fingerprint density at radius 3 is 2.57 bits per heavy atom. The summed E-state index contributed by atoms with van der Waals surface area (Å²) >= 11 is 0. The van der Waals surface area contributed by atoms with Crippen LogP contribution >= 0.6 is 0 Å². The lowest BCUT2D eigenvalue weighted by Gasteiger charge is -2.11. The fourth-order valence-corrected chi connectivity index (χ4v) is 2.57. The molecule has 0 unspecified atom stereocenters. The first-order valence-corrected chi connectivity index (χ1v) is 7.69. The van der Waals surface area contributed by atoms with Crippen LogP contribution in [0.25, 0.3) is 0 Å². The Hall–Kier alpha value is -1.81. The summed E-state index contributed by atoms with van der Waals surface area (Å²) in [6.45, 7) is 1.77. The van der Waals surface area contributed by atoms with Crippen LogP contribution in [0.5, 0.6) is 0 Å². The maximum atomic E-state index is 12.9. The van der Waals surface area contributed by atoms with Crippen LogP contribution < -0.4 is 10.0 Å². The standard InChI is InChI=1S/C11H15F2N3O4S/c1-2-15-21(19,20)6-5-14-10-4-3-8(16(17)18)7-9(10)11(12)13/h3-4,7,11,14-15H,2,5-6H2,1H3. The molecule has 0 heterocycles. The number of anilines is 1. The molecule has 1 aromatic carbocycles. The molecule has 10 heteroatoms. The number of nitrogens with one attached hydrogen (secondary N) is 2. The number of alkyl halides is 2. The maximum absolute atomic E-state index is 12.9. The van der Waals surface area contributed by atoms with Gasteiger partial charge in [-0.3, -0.25) is 10.1 Å². The van der Waals surface area contributed by atoms with Crippen LogP contribution in [0.1, 0.15) is 18.9 Å². The number of sulfonamides is 1. The van der Waals surface area contributed by atoms with Gasteiger partial charge in [0.2, 0.25) is 10.0 Å². The van der Waals surface area contributed by atoms with Crippen molar-refractivity contribution in [2.24, 2.45) is 0 Å². The van der Waals surface area contributed by atoms with Gasteiger partial charge in [0.1, 0.15) is 0 Å². The van der Waals surface area contributed by atoms with Gasteiger partial charge in [0, 0.05) is 36.5 Å². The summed E-state index contributed by atoms with van der Waals surface area (Å²) in [5.74, 6) is -0.291. The number of non-ortho nitro benzene ring substituents is 1. The number of nitro groups is 1. The minimum Gasteiger partial charge on any atom is -0.384 e. The molecule has 2 N–H and O–H groups in total. The summed E-state index contributed by atoms with van der Waals surface area (Å²) in [4.78, 5) is 9.78. The van der Waals surface area contributed by atoms with Gasteiger partial charge in [-0.15, -0.1) is 0 Å². The molecule has 0 aliphatic carbocycles. The van der Waals surface area contributed by atoms with Gasteiger partial charge < -0.3 is 5.32 Å². The van der Waals surface area contributed by atoms with E-state index in [2.05, 4.69) is 10.0 Å². The Labute approximate surface area is 120 Å². The highest BCUT2D eigenvalue weighted by atomic mass is 32.2. The molecule has 0 radical (unpaired) electrons. The van der Waals surface area contributed by atoms with Gasteiger partial charge in [-0.1, -0.05) is 6.92 Å². The Morgan fingerprint density at radius 1 is 1.38 bits per heavy atom. The van der Waals surface area contributed by atoms with Crippen LogP contribution in [0.3, 0.4) is 0 Å². The lowest BCUT2D eigenvalue weighted by molar-refractivity contribution is -0.385. The second-order valence-corrected chi connectivity index (χ2v) is 6.00. The van der Waals surface area contributed by atoms with Crippen LogP contribution in [-0.4, -0.2) is 32.2 Å². The number of benzene rings is 1. The molecular formula is C11H15F2N3O4S. The molecule has 0 bridgehead atoms. The molecule has 0 saturated heterocycles. The van der Waals surface area contributed by atoms with Gasteiger partial charge in [0.15, 0.2) is 0 Å². The Balaban J connectivity index is 2.82. The lowest BCUT2D eigenvalue weighted by Crippen LogP contribution is -2.29. The predicted molar refractivity (Wildman–Crippen MR) is 74.0 cm³/mol. The minimum atomic E-state index is -3.46. The number of halogens is 2. The summed E-state index contributed by atoms with van der Waals surface area (Å²) in [5.41, 5.74) is -1.01. The third-order valence-corrected chi connectivity index (χ3v) is 4.00. The Bertz CT molecular complexity index is 607. The third-order valence-electron chi connectivity index (χ3n) is 2.53. The van der Waals surface area contributed by atoms with E-state index in [0.717, 1.165) is 18.2 Å². The monoisotopic (exact) mass is 323 g/mol. The first kappa shape index (κ1) is 17.2. The van der Waals surface area contributed by atoms with Gasteiger partial charge in [-0.05, 0) is 6.07 Å². The van der Waals surface area contributed by atoms with Crippen molar-refractivity contribution in [3.63, 3.8) is 0 Å². The molecule has 21 heavy (non-hydrogen) atoms. The van der Waals surface area contributed by atoms with Crippen LogP contribution in [-0.2, 0) is 10.0 Å². The van der Waals surface area contributed by atoms with Crippen molar-refractivity contribution in [1.29, 1.82) is 0 Å². The molecule has 1 aromatic rings. The summed E-state index contributed by atoms with van der Waals surface area (Å²) in [6, 6.07) is 2.98. The van der Waals surface area contributed by atoms with Gasteiger partial charge in [0.05, 0.1) is 10.7 Å². The topological polar surface area (TPSA) is 101 Å². The zero-order valence-electron chi connectivity index (χ0n) is 11.2. The van der Waals surface area contributed by atoms with Gasteiger partial charge in [-0.25, -0.2) is 21.9 Å². The lowest BCUT2D eigenvalue weighted by atomic mass is 10.1.